The minimum absolute atomic E-state index is 0.0156. The summed E-state index contributed by atoms with van der Waals surface area (Å²) in [6.45, 7) is 1.81. The number of carbonyl (C=O) groups is 2. The first-order valence-corrected chi connectivity index (χ1v) is 11.0. The van der Waals surface area contributed by atoms with Crippen LogP contribution in [0.3, 0.4) is 0 Å². The van der Waals surface area contributed by atoms with Gasteiger partial charge in [0.1, 0.15) is 28.6 Å². The summed E-state index contributed by atoms with van der Waals surface area (Å²) in [5.41, 5.74) is 0.537. The minimum Gasteiger partial charge on any atom is -0.463 e. The van der Waals surface area contributed by atoms with Gasteiger partial charge in [-0.25, -0.2) is 8.78 Å². The monoisotopic (exact) mass is 476 g/mol. The Hall–Kier alpha value is -4.27. The van der Waals surface area contributed by atoms with E-state index in [1.165, 1.54) is 40.1 Å². The molecule has 0 saturated heterocycles. The summed E-state index contributed by atoms with van der Waals surface area (Å²) in [7, 11) is 0. The first kappa shape index (κ1) is 22.5. The number of aromatic nitrogens is 2. The van der Waals surface area contributed by atoms with Crippen LogP contribution >= 0.6 is 0 Å². The molecule has 1 N–H and O–H groups in total. The fourth-order valence-corrected chi connectivity index (χ4v) is 4.27. The van der Waals surface area contributed by atoms with Crippen LogP contribution in [0.1, 0.15) is 28.5 Å². The second-order valence-corrected chi connectivity index (χ2v) is 8.66. The van der Waals surface area contributed by atoms with E-state index in [-0.39, 0.29) is 19.6 Å². The molecule has 178 valence electrons. The van der Waals surface area contributed by atoms with E-state index in [4.69, 9.17) is 4.42 Å². The molecule has 1 atom stereocenters. The zero-order valence-electron chi connectivity index (χ0n) is 18.9. The molecule has 9 heteroatoms. The fourth-order valence-electron chi connectivity index (χ4n) is 4.27. The van der Waals surface area contributed by atoms with Crippen molar-refractivity contribution in [2.24, 2.45) is 0 Å². The number of fused-ring (bicyclic) bond motifs is 1. The molecule has 2 aromatic heterocycles. The molecule has 1 aliphatic rings. The van der Waals surface area contributed by atoms with Crippen molar-refractivity contribution >= 4 is 11.8 Å². The molecule has 2 aromatic carbocycles. The zero-order valence-corrected chi connectivity index (χ0v) is 18.9. The molecule has 0 aliphatic carbocycles. The number of hydrogen-bond acceptors (Lipinski definition) is 4. The van der Waals surface area contributed by atoms with E-state index in [9.17, 15) is 18.4 Å². The van der Waals surface area contributed by atoms with E-state index in [0.717, 1.165) is 0 Å². The van der Waals surface area contributed by atoms with Gasteiger partial charge in [0.05, 0.1) is 12.8 Å². The lowest BCUT2D eigenvalue weighted by atomic mass is 9.94. The summed E-state index contributed by atoms with van der Waals surface area (Å²) >= 11 is 0. The van der Waals surface area contributed by atoms with Crippen molar-refractivity contribution in [3.05, 3.63) is 101 Å². The molecule has 0 saturated carbocycles. The number of nitrogens with zero attached hydrogens (tertiary/aromatic N) is 3. The van der Waals surface area contributed by atoms with Gasteiger partial charge in [0.25, 0.3) is 5.91 Å². The Labute approximate surface area is 200 Å². The minimum atomic E-state index is -1.35. The Bertz CT molecular complexity index is 1400. The average molecular weight is 476 g/mol. The summed E-state index contributed by atoms with van der Waals surface area (Å²) in [5, 5.41) is 7.31. The lowest BCUT2D eigenvalue weighted by Crippen LogP contribution is -2.63. The summed E-state index contributed by atoms with van der Waals surface area (Å²) < 4.78 is 34.4. The molecule has 0 radical (unpaired) electrons. The van der Waals surface area contributed by atoms with Crippen LogP contribution in [0, 0.1) is 11.6 Å². The molecule has 3 heterocycles. The van der Waals surface area contributed by atoms with Gasteiger partial charge in [-0.3, -0.25) is 14.3 Å². The number of nitrogens with one attached hydrogen (secondary N) is 1. The Kier molecular flexibility index (Phi) is 5.68. The molecule has 0 spiro atoms. The van der Waals surface area contributed by atoms with Crippen molar-refractivity contribution in [2.75, 3.05) is 0 Å². The van der Waals surface area contributed by atoms with Gasteiger partial charge in [-0.2, -0.15) is 5.10 Å². The van der Waals surface area contributed by atoms with Crippen molar-refractivity contribution in [1.29, 1.82) is 0 Å². The molecule has 2 amide bonds. The predicted molar refractivity (Wildman–Crippen MR) is 123 cm³/mol. The van der Waals surface area contributed by atoms with Crippen molar-refractivity contribution < 1.29 is 22.8 Å². The maximum absolute atomic E-state index is 13.9. The van der Waals surface area contributed by atoms with E-state index in [0.29, 0.717) is 28.3 Å². The van der Waals surface area contributed by atoms with Gasteiger partial charge in [0.2, 0.25) is 5.91 Å². The Morgan fingerprint density at radius 1 is 1.06 bits per heavy atom. The largest absolute Gasteiger partial charge is 0.463 e. The Balaban J connectivity index is 1.49. The molecule has 1 aliphatic heterocycles. The third-order valence-electron chi connectivity index (χ3n) is 6.13. The standard InChI is InChI=1S/C26H22F2N4O3/c1-26(25(34)29-14-17-5-2-7-19(27)11-17)16-32-22(13-21(30-32)23-9-4-10-35-23)24(33)31(26)15-18-6-3-8-20(28)12-18/h2-13H,14-16H2,1H3,(H,29,34). The number of benzene rings is 2. The van der Waals surface area contributed by atoms with Gasteiger partial charge >= 0.3 is 0 Å². The molecule has 0 bridgehead atoms. The first-order valence-electron chi connectivity index (χ1n) is 11.0. The summed E-state index contributed by atoms with van der Waals surface area (Å²) in [4.78, 5) is 28.6. The highest BCUT2D eigenvalue weighted by Gasteiger charge is 2.48. The van der Waals surface area contributed by atoms with E-state index in [2.05, 4.69) is 10.4 Å². The summed E-state index contributed by atoms with van der Waals surface area (Å²) in [6.07, 6.45) is 1.51. The molecule has 35 heavy (non-hydrogen) atoms. The predicted octanol–water partition coefficient (Wildman–Crippen LogP) is 4.15. The van der Waals surface area contributed by atoms with Gasteiger partial charge in [0, 0.05) is 19.2 Å². The van der Waals surface area contributed by atoms with Crippen molar-refractivity contribution in [2.45, 2.75) is 32.1 Å². The Morgan fingerprint density at radius 3 is 2.46 bits per heavy atom. The van der Waals surface area contributed by atoms with Gasteiger partial charge in [-0.05, 0) is 54.4 Å². The summed E-state index contributed by atoms with van der Waals surface area (Å²) in [5.74, 6) is -1.21. The smallest absolute Gasteiger partial charge is 0.273 e. The average Bonchev–Trinajstić information content (AvgIpc) is 3.50. The van der Waals surface area contributed by atoms with E-state index < -0.39 is 29.0 Å². The van der Waals surface area contributed by atoms with Crippen LogP contribution in [0.15, 0.2) is 77.4 Å². The SMILES string of the molecule is CC1(C(=O)NCc2cccc(F)c2)Cn2nc(-c3ccco3)cc2C(=O)N1Cc1cccc(F)c1. The van der Waals surface area contributed by atoms with Gasteiger partial charge in [0.15, 0.2) is 5.76 Å². The fraction of sp³-hybridized carbons (Fsp3) is 0.192. The van der Waals surface area contributed by atoms with Crippen molar-refractivity contribution in [1.82, 2.24) is 20.0 Å². The molecule has 4 aromatic rings. The number of rotatable bonds is 6. The molecule has 5 rings (SSSR count). The summed E-state index contributed by atoms with van der Waals surface area (Å²) in [6, 6.07) is 16.9. The third-order valence-corrected chi connectivity index (χ3v) is 6.13. The first-order chi connectivity index (χ1) is 16.8. The van der Waals surface area contributed by atoms with E-state index >= 15 is 0 Å². The van der Waals surface area contributed by atoms with Crippen LogP contribution in [0.4, 0.5) is 8.78 Å². The lowest BCUT2D eigenvalue weighted by Gasteiger charge is -2.43. The van der Waals surface area contributed by atoms with E-state index in [1.54, 1.807) is 49.4 Å². The topological polar surface area (TPSA) is 80.4 Å². The highest BCUT2D eigenvalue weighted by molar-refractivity contribution is 6.00. The quantitative estimate of drug-likeness (QED) is 0.453. The van der Waals surface area contributed by atoms with Crippen molar-refractivity contribution in [3.63, 3.8) is 0 Å². The third kappa shape index (κ3) is 4.32. The number of hydrogen-bond donors (Lipinski definition) is 1. The van der Waals surface area contributed by atoms with Crippen LogP contribution < -0.4 is 5.32 Å². The molecule has 1 unspecified atom stereocenters. The van der Waals surface area contributed by atoms with Crippen molar-refractivity contribution in [3.8, 4) is 11.5 Å². The molecular weight excluding hydrogens is 454 g/mol. The maximum atomic E-state index is 13.9. The number of halogens is 2. The number of amides is 2. The molecule has 0 fully saturated rings. The molecular formula is C26H22F2N4O3. The number of furan rings is 1. The number of carbonyl (C=O) groups excluding carboxylic acids is 2. The maximum Gasteiger partial charge on any atom is 0.273 e. The van der Waals surface area contributed by atoms with Crippen LogP contribution in [0.25, 0.3) is 11.5 Å². The van der Waals surface area contributed by atoms with Crippen LogP contribution in [0.2, 0.25) is 0 Å². The highest BCUT2D eigenvalue weighted by Crippen LogP contribution is 2.31. The molecule has 7 nitrogen and oxygen atoms in total. The zero-order chi connectivity index (χ0) is 24.6. The van der Waals surface area contributed by atoms with E-state index in [1.807, 2.05) is 0 Å². The van der Waals surface area contributed by atoms with Gasteiger partial charge in [-0.1, -0.05) is 24.3 Å². The second kappa shape index (κ2) is 8.83. The van der Waals surface area contributed by atoms with Gasteiger partial charge < -0.3 is 14.6 Å². The normalized spacial score (nSPS) is 17.3. The highest BCUT2D eigenvalue weighted by atomic mass is 19.1. The van der Waals surface area contributed by atoms with Crippen LogP contribution in [-0.2, 0) is 24.4 Å². The second-order valence-electron chi connectivity index (χ2n) is 8.66. The van der Waals surface area contributed by atoms with Crippen LogP contribution in [-0.4, -0.2) is 32.0 Å². The lowest BCUT2D eigenvalue weighted by molar-refractivity contribution is -0.133. The van der Waals surface area contributed by atoms with Gasteiger partial charge in [-0.15, -0.1) is 0 Å². The van der Waals surface area contributed by atoms with Crippen LogP contribution in [0.5, 0.6) is 0 Å². The Morgan fingerprint density at radius 2 is 1.77 bits per heavy atom.